The van der Waals surface area contributed by atoms with Crippen LogP contribution in [0.3, 0.4) is 0 Å². The molecule has 0 aliphatic heterocycles. The van der Waals surface area contributed by atoms with Crippen LogP contribution in [-0.4, -0.2) is 9.55 Å². The summed E-state index contributed by atoms with van der Waals surface area (Å²) in [6.45, 7) is 0.659. The minimum atomic E-state index is 0.656. The van der Waals surface area contributed by atoms with Crippen molar-refractivity contribution < 1.29 is 0 Å². The van der Waals surface area contributed by atoms with Gasteiger partial charge in [0.1, 0.15) is 0 Å². The predicted molar refractivity (Wildman–Crippen MR) is 82.4 cm³/mol. The standard InChI is InChI=1S/C15H10ClN3S/c16-12-5-6-14-13(7-12)18-15(20)19(14)9-11-3-1-10(8-17)2-4-11/h1-7H,9H2,(H,18,20). The number of hydrogen-bond acceptors (Lipinski definition) is 2. The molecule has 98 valence electrons. The van der Waals surface area contributed by atoms with Crippen LogP contribution in [0.15, 0.2) is 42.5 Å². The van der Waals surface area contributed by atoms with Crippen LogP contribution in [0.4, 0.5) is 0 Å². The molecule has 1 heterocycles. The SMILES string of the molecule is N#Cc1ccc(Cn2c(=S)[nH]c3cc(Cl)ccc32)cc1. The summed E-state index contributed by atoms with van der Waals surface area (Å²) in [6, 6.07) is 15.3. The number of nitrogens with one attached hydrogen (secondary N) is 1. The highest BCUT2D eigenvalue weighted by Crippen LogP contribution is 2.20. The van der Waals surface area contributed by atoms with E-state index < -0.39 is 0 Å². The fraction of sp³-hybridized carbons (Fsp3) is 0.0667. The first kappa shape index (κ1) is 12.9. The molecule has 0 spiro atoms. The largest absolute Gasteiger partial charge is 0.331 e. The summed E-state index contributed by atoms with van der Waals surface area (Å²) in [5, 5.41) is 9.49. The van der Waals surface area contributed by atoms with Crippen molar-refractivity contribution in [2.75, 3.05) is 0 Å². The minimum absolute atomic E-state index is 0.656. The molecular formula is C15H10ClN3S. The first-order valence-corrected chi connectivity index (χ1v) is 6.83. The van der Waals surface area contributed by atoms with Gasteiger partial charge >= 0.3 is 0 Å². The van der Waals surface area contributed by atoms with E-state index in [2.05, 4.69) is 11.1 Å². The number of imidazole rings is 1. The summed E-state index contributed by atoms with van der Waals surface area (Å²) in [5.74, 6) is 0. The van der Waals surface area contributed by atoms with Gasteiger partial charge in [0, 0.05) is 5.02 Å². The van der Waals surface area contributed by atoms with Crippen LogP contribution in [-0.2, 0) is 6.54 Å². The van der Waals surface area contributed by atoms with Crippen molar-refractivity contribution in [3.05, 3.63) is 63.4 Å². The third-order valence-corrected chi connectivity index (χ3v) is 3.72. The van der Waals surface area contributed by atoms with Crippen molar-refractivity contribution in [1.82, 2.24) is 9.55 Å². The maximum absolute atomic E-state index is 8.81. The number of halogens is 1. The number of rotatable bonds is 2. The van der Waals surface area contributed by atoms with Crippen molar-refractivity contribution in [2.45, 2.75) is 6.54 Å². The number of benzene rings is 2. The van der Waals surface area contributed by atoms with Gasteiger partial charge in [-0.15, -0.1) is 0 Å². The Balaban J connectivity index is 2.04. The summed E-state index contributed by atoms with van der Waals surface area (Å²) < 4.78 is 2.68. The Kier molecular flexibility index (Phi) is 3.31. The Morgan fingerprint density at radius 2 is 1.95 bits per heavy atom. The summed E-state index contributed by atoms with van der Waals surface area (Å²) in [7, 11) is 0. The summed E-state index contributed by atoms with van der Waals surface area (Å²) >= 11 is 11.3. The lowest BCUT2D eigenvalue weighted by Crippen LogP contribution is -1.99. The number of nitrogens with zero attached hydrogens (tertiary/aromatic N) is 2. The van der Waals surface area contributed by atoms with Crippen LogP contribution in [0.5, 0.6) is 0 Å². The number of aromatic nitrogens is 2. The Bertz CT molecular complexity index is 869. The van der Waals surface area contributed by atoms with Gasteiger partial charge in [0.15, 0.2) is 4.77 Å². The molecule has 0 saturated heterocycles. The van der Waals surface area contributed by atoms with Gasteiger partial charge in [0.2, 0.25) is 0 Å². The molecule has 1 N–H and O–H groups in total. The van der Waals surface area contributed by atoms with E-state index >= 15 is 0 Å². The molecular weight excluding hydrogens is 290 g/mol. The summed E-state index contributed by atoms with van der Waals surface area (Å²) in [5.41, 5.74) is 3.69. The zero-order valence-electron chi connectivity index (χ0n) is 10.4. The molecule has 0 aliphatic rings. The van der Waals surface area contributed by atoms with E-state index in [9.17, 15) is 0 Å². The fourth-order valence-corrected chi connectivity index (χ4v) is 2.61. The van der Waals surface area contributed by atoms with E-state index in [-0.39, 0.29) is 0 Å². The fourth-order valence-electron chi connectivity index (χ4n) is 2.16. The van der Waals surface area contributed by atoms with E-state index in [0.717, 1.165) is 16.6 Å². The molecule has 0 radical (unpaired) electrons. The molecule has 0 aliphatic carbocycles. The lowest BCUT2D eigenvalue weighted by molar-refractivity contribution is 0.810. The molecule has 20 heavy (non-hydrogen) atoms. The predicted octanol–water partition coefficient (Wildman–Crippen LogP) is 4.27. The van der Waals surface area contributed by atoms with Crippen LogP contribution in [0, 0.1) is 16.1 Å². The minimum Gasteiger partial charge on any atom is -0.331 e. The lowest BCUT2D eigenvalue weighted by atomic mass is 10.1. The summed E-state index contributed by atoms with van der Waals surface area (Å²) in [6.07, 6.45) is 0. The van der Waals surface area contributed by atoms with Gasteiger partial charge in [-0.3, -0.25) is 0 Å². The van der Waals surface area contributed by atoms with Crippen LogP contribution in [0.25, 0.3) is 11.0 Å². The normalized spacial score (nSPS) is 10.6. The molecule has 0 saturated carbocycles. The quantitative estimate of drug-likeness (QED) is 0.718. The van der Waals surface area contributed by atoms with Crippen molar-refractivity contribution >= 4 is 34.9 Å². The molecule has 3 rings (SSSR count). The van der Waals surface area contributed by atoms with E-state index in [1.807, 2.05) is 47.0 Å². The molecule has 0 atom stereocenters. The second-order valence-corrected chi connectivity index (χ2v) is 5.31. The topological polar surface area (TPSA) is 44.5 Å². The monoisotopic (exact) mass is 299 g/mol. The number of H-pyrrole nitrogens is 1. The van der Waals surface area contributed by atoms with E-state index in [0.29, 0.717) is 21.9 Å². The first-order valence-electron chi connectivity index (χ1n) is 6.04. The van der Waals surface area contributed by atoms with Crippen molar-refractivity contribution in [3.8, 4) is 6.07 Å². The molecule has 0 fully saturated rings. The number of hydrogen-bond donors (Lipinski definition) is 1. The molecule has 0 unspecified atom stereocenters. The maximum atomic E-state index is 8.81. The van der Waals surface area contributed by atoms with E-state index in [1.54, 1.807) is 0 Å². The van der Waals surface area contributed by atoms with Gasteiger partial charge in [0.05, 0.1) is 29.2 Å². The molecule has 2 aromatic carbocycles. The zero-order valence-corrected chi connectivity index (χ0v) is 12.0. The molecule has 0 amide bonds. The first-order chi connectivity index (χ1) is 9.67. The highest BCUT2D eigenvalue weighted by atomic mass is 35.5. The second-order valence-electron chi connectivity index (χ2n) is 4.49. The third-order valence-electron chi connectivity index (χ3n) is 3.16. The van der Waals surface area contributed by atoms with Crippen LogP contribution in [0.2, 0.25) is 5.02 Å². The Morgan fingerprint density at radius 1 is 1.20 bits per heavy atom. The molecule has 3 aromatic rings. The molecule has 5 heteroatoms. The zero-order chi connectivity index (χ0) is 14.1. The van der Waals surface area contributed by atoms with E-state index in [4.69, 9.17) is 29.1 Å². The maximum Gasteiger partial charge on any atom is 0.178 e. The van der Waals surface area contributed by atoms with Gasteiger partial charge in [-0.05, 0) is 48.1 Å². The third kappa shape index (κ3) is 2.34. The van der Waals surface area contributed by atoms with Gasteiger partial charge < -0.3 is 9.55 Å². The van der Waals surface area contributed by atoms with Crippen molar-refractivity contribution in [2.24, 2.45) is 0 Å². The van der Waals surface area contributed by atoms with Crippen molar-refractivity contribution in [3.63, 3.8) is 0 Å². The number of nitriles is 1. The van der Waals surface area contributed by atoms with Gasteiger partial charge in [-0.1, -0.05) is 23.7 Å². The van der Waals surface area contributed by atoms with Crippen molar-refractivity contribution in [1.29, 1.82) is 5.26 Å². The van der Waals surface area contributed by atoms with Crippen LogP contribution in [0.1, 0.15) is 11.1 Å². The molecule has 0 bridgehead atoms. The molecule has 3 nitrogen and oxygen atoms in total. The highest BCUT2D eigenvalue weighted by Gasteiger charge is 2.05. The second kappa shape index (κ2) is 5.12. The number of fused-ring (bicyclic) bond motifs is 1. The lowest BCUT2D eigenvalue weighted by Gasteiger charge is -2.05. The van der Waals surface area contributed by atoms with Gasteiger partial charge in [-0.2, -0.15) is 5.26 Å². The molecule has 1 aromatic heterocycles. The van der Waals surface area contributed by atoms with Gasteiger partial charge in [0.25, 0.3) is 0 Å². The average Bonchev–Trinajstić information content (AvgIpc) is 2.75. The number of aromatic amines is 1. The van der Waals surface area contributed by atoms with E-state index in [1.165, 1.54) is 0 Å². The van der Waals surface area contributed by atoms with Gasteiger partial charge in [-0.25, -0.2) is 0 Å². The Hall–Kier alpha value is -2.09. The average molecular weight is 300 g/mol. The Morgan fingerprint density at radius 3 is 2.65 bits per heavy atom. The van der Waals surface area contributed by atoms with Crippen LogP contribution >= 0.6 is 23.8 Å². The Labute approximate surface area is 126 Å². The van der Waals surface area contributed by atoms with Crippen LogP contribution < -0.4 is 0 Å². The smallest absolute Gasteiger partial charge is 0.178 e. The summed E-state index contributed by atoms with van der Waals surface area (Å²) in [4.78, 5) is 3.15. The highest BCUT2D eigenvalue weighted by molar-refractivity contribution is 7.71.